The summed E-state index contributed by atoms with van der Waals surface area (Å²) in [5, 5.41) is 11.7. The molecule has 3 aliphatic rings. The number of nitrogens with one attached hydrogen (secondary N) is 1. The lowest BCUT2D eigenvalue weighted by Gasteiger charge is -2.31. The highest BCUT2D eigenvalue weighted by molar-refractivity contribution is 7.85. The maximum absolute atomic E-state index is 13.7. The van der Waals surface area contributed by atoms with Crippen molar-refractivity contribution < 1.29 is 36.5 Å². The molecule has 0 radical (unpaired) electrons. The fourth-order valence-electron chi connectivity index (χ4n) is 6.14. The molecular weight excluding hydrogens is 535 g/mol. The van der Waals surface area contributed by atoms with Gasteiger partial charge in [-0.25, -0.2) is 4.90 Å². The Kier molecular flexibility index (Phi) is 6.43. The van der Waals surface area contributed by atoms with Crippen molar-refractivity contribution in [2.24, 2.45) is 11.8 Å². The van der Waals surface area contributed by atoms with Crippen molar-refractivity contribution in [1.82, 2.24) is 0 Å². The zero-order valence-electron chi connectivity index (χ0n) is 21.0. The molecule has 5 atom stereocenters. The number of ether oxygens (including phenoxy) is 1. The largest absolute Gasteiger partial charge is 0.417 e. The first-order valence-corrected chi connectivity index (χ1v) is 13.6. The van der Waals surface area contributed by atoms with Crippen LogP contribution in [0.4, 0.5) is 24.5 Å². The molecule has 0 saturated carbocycles. The SMILES string of the molecule is CC(=O)Nc1ccc(S(=O)CCC23CCC(C)(O2)C2C(=O)N(c4ccc(C#N)c(C(F)(F)F)c4)C(=O)C23)cc1. The summed E-state index contributed by atoms with van der Waals surface area (Å²) in [7, 11) is -1.47. The highest BCUT2D eigenvalue weighted by Gasteiger charge is 2.73. The number of carbonyl (C=O) groups excluding carboxylic acids is 3. The molecule has 204 valence electrons. The zero-order valence-corrected chi connectivity index (χ0v) is 21.8. The maximum Gasteiger partial charge on any atom is 0.417 e. The van der Waals surface area contributed by atoms with Crippen molar-refractivity contribution in [2.45, 2.75) is 55.4 Å². The lowest BCUT2D eigenvalue weighted by molar-refractivity contribution is -0.138. The summed E-state index contributed by atoms with van der Waals surface area (Å²) in [6, 6.07) is 10.8. The molecule has 3 fully saturated rings. The van der Waals surface area contributed by atoms with Gasteiger partial charge in [-0.05, 0) is 68.7 Å². The van der Waals surface area contributed by atoms with Crippen molar-refractivity contribution in [3.8, 4) is 6.07 Å². The van der Waals surface area contributed by atoms with E-state index in [0.717, 1.165) is 11.0 Å². The molecule has 1 N–H and O–H groups in total. The van der Waals surface area contributed by atoms with Crippen LogP contribution in [0.25, 0.3) is 0 Å². The number of nitrogens with zero attached hydrogens (tertiary/aromatic N) is 2. The van der Waals surface area contributed by atoms with E-state index in [9.17, 15) is 31.8 Å². The number of hydrogen-bond acceptors (Lipinski definition) is 6. The summed E-state index contributed by atoms with van der Waals surface area (Å²) in [4.78, 5) is 39.7. The van der Waals surface area contributed by atoms with E-state index in [1.54, 1.807) is 31.2 Å². The van der Waals surface area contributed by atoms with Crippen LogP contribution in [0.2, 0.25) is 0 Å². The van der Waals surface area contributed by atoms with Gasteiger partial charge in [0.05, 0.1) is 56.7 Å². The zero-order chi connectivity index (χ0) is 28.3. The molecule has 3 aliphatic heterocycles. The first-order valence-electron chi connectivity index (χ1n) is 12.2. The minimum atomic E-state index is -4.84. The van der Waals surface area contributed by atoms with E-state index in [0.29, 0.717) is 29.5 Å². The Morgan fingerprint density at radius 3 is 2.44 bits per heavy atom. The van der Waals surface area contributed by atoms with Crippen LogP contribution in [0.3, 0.4) is 0 Å². The molecule has 5 unspecified atom stereocenters. The van der Waals surface area contributed by atoms with Crippen molar-refractivity contribution in [2.75, 3.05) is 16.0 Å². The molecule has 2 bridgehead atoms. The molecule has 2 aromatic rings. The van der Waals surface area contributed by atoms with Crippen LogP contribution in [0.5, 0.6) is 0 Å². The van der Waals surface area contributed by atoms with Crippen LogP contribution in [0, 0.1) is 23.2 Å². The number of alkyl halides is 3. The topological polar surface area (TPSA) is 117 Å². The van der Waals surface area contributed by atoms with Crippen LogP contribution in [-0.4, -0.2) is 38.9 Å². The standard InChI is InChI=1S/C27H24F3N3O5S/c1-15(34)32-17-4-7-19(8-5-17)39(37)12-11-26-10-9-25(2,38-26)21-22(26)24(36)33(23(21)35)18-6-3-16(14-31)20(13-18)27(28,29)30/h3-8,13,21-22H,9-12H2,1-2H3,(H,32,34). The third-order valence-electron chi connectivity index (χ3n) is 7.85. The van der Waals surface area contributed by atoms with E-state index >= 15 is 0 Å². The number of fused-ring (bicyclic) bond motifs is 5. The van der Waals surface area contributed by atoms with Gasteiger partial charge in [0.25, 0.3) is 0 Å². The van der Waals surface area contributed by atoms with Gasteiger partial charge in [-0.15, -0.1) is 0 Å². The van der Waals surface area contributed by atoms with Gasteiger partial charge in [0, 0.05) is 23.3 Å². The number of carbonyl (C=O) groups is 3. The van der Waals surface area contributed by atoms with Crippen molar-refractivity contribution in [3.05, 3.63) is 53.6 Å². The Morgan fingerprint density at radius 2 is 1.82 bits per heavy atom. The van der Waals surface area contributed by atoms with Crippen molar-refractivity contribution in [1.29, 1.82) is 5.26 Å². The molecule has 0 spiro atoms. The van der Waals surface area contributed by atoms with Gasteiger partial charge in [0.15, 0.2) is 0 Å². The number of hydrogen-bond donors (Lipinski definition) is 1. The molecule has 0 aromatic heterocycles. The summed E-state index contributed by atoms with van der Waals surface area (Å²) < 4.78 is 60.1. The molecule has 39 heavy (non-hydrogen) atoms. The highest BCUT2D eigenvalue weighted by atomic mass is 32.2. The Bertz CT molecular complexity index is 1450. The van der Waals surface area contributed by atoms with Gasteiger partial charge in [-0.3, -0.25) is 18.6 Å². The van der Waals surface area contributed by atoms with Gasteiger partial charge in [0.2, 0.25) is 17.7 Å². The van der Waals surface area contributed by atoms with Crippen LogP contribution >= 0.6 is 0 Å². The molecule has 5 rings (SSSR count). The summed E-state index contributed by atoms with van der Waals surface area (Å²) in [5.41, 5.74) is -3.57. The van der Waals surface area contributed by atoms with Crippen LogP contribution in [0.15, 0.2) is 47.4 Å². The highest BCUT2D eigenvalue weighted by Crippen LogP contribution is 2.62. The Labute approximate surface area is 224 Å². The third-order valence-corrected chi connectivity index (χ3v) is 9.22. The summed E-state index contributed by atoms with van der Waals surface area (Å²) in [6.07, 6.45) is -3.72. The Morgan fingerprint density at radius 1 is 1.15 bits per heavy atom. The van der Waals surface area contributed by atoms with Crippen molar-refractivity contribution >= 4 is 39.9 Å². The quantitative estimate of drug-likeness (QED) is 0.532. The van der Waals surface area contributed by atoms with Crippen LogP contribution in [0.1, 0.15) is 44.2 Å². The lowest BCUT2D eigenvalue weighted by atomic mass is 9.67. The second kappa shape index (κ2) is 9.27. The normalized spacial score (nSPS) is 28.4. The second-order valence-electron chi connectivity index (χ2n) is 10.3. The molecule has 0 aliphatic carbocycles. The van der Waals surface area contributed by atoms with E-state index in [1.807, 2.05) is 0 Å². The van der Waals surface area contributed by atoms with Gasteiger partial charge in [0.1, 0.15) is 0 Å². The second-order valence-corrected chi connectivity index (χ2v) is 11.9. The van der Waals surface area contributed by atoms with Gasteiger partial charge in [-0.1, -0.05) is 0 Å². The Hall–Kier alpha value is -3.56. The summed E-state index contributed by atoms with van der Waals surface area (Å²) in [5.74, 6) is -3.20. The average Bonchev–Trinajstić information content (AvgIpc) is 3.46. The van der Waals surface area contributed by atoms with E-state index < -0.39 is 63.0 Å². The number of benzene rings is 2. The number of halogens is 3. The van der Waals surface area contributed by atoms with E-state index in [4.69, 9.17) is 10.00 Å². The van der Waals surface area contributed by atoms with Gasteiger partial charge < -0.3 is 10.1 Å². The fraction of sp³-hybridized carbons (Fsp3) is 0.407. The van der Waals surface area contributed by atoms with Crippen LogP contribution < -0.4 is 10.2 Å². The molecule has 3 amide bonds. The Balaban J connectivity index is 1.40. The first-order chi connectivity index (χ1) is 18.3. The minimum Gasteiger partial charge on any atom is -0.367 e. The average molecular weight is 560 g/mol. The number of amides is 3. The third kappa shape index (κ3) is 4.43. The first kappa shape index (κ1) is 27.0. The number of imide groups is 1. The molecule has 3 saturated heterocycles. The van der Waals surface area contributed by atoms with E-state index in [1.165, 1.54) is 19.1 Å². The minimum absolute atomic E-state index is 0.134. The van der Waals surface area contributed by atoms with Crippen LogP contribution in [-0.2, 0) is 36.1 Å². The monoisotopic (exact) mass is 559 g/mol. The molecule has 2 aromatic carbocycles. The molecule has 12 heteroatoms. The van der Waals surface area contributed by atoms with E-state index in [2.05, 4.69) is 5.32 Å². The molecule has 8 nitrogen and oxygen atoms in total. The lowest BCUT2D eigenvalue weighted by Crippen LogP contribution is -2.43. The maximum atomic E-state index is 13.7. The number of nitriles is 1. The van der Waals surface area contributed by atoms with Gasteiger partial charge >= 0.3 is 6.18 Å². The summed E-state index contributed by atoms with van der Waals surface area (Å²) >= 11 is 0. The van der Waals surface area contributed by atoms with Gasteiger partial charge in [-0.2, -0.15) is 18.4 Å². The predicted octanol–water partition coefficient (Wildman–Crippen LogP) is 4.16. The number of anilines is 2. The predicted molar refractivity (Wildman–Crippen MR) is 134 cm³/mol. The number of rotatable bonds is 6. The molecule has 3 heterocycles. The van der Waals surface area contributed by atoms with E-state index in [-0.39, 0.29) is 23.8 Å². The smallest absolute Gasteiger partial charge is 0.367 e. The van der Waals surface area contributed by atoms with Crippen molar-refractivity contribution in [3.63, 3.8) is 0 Å². The molecular formula is C27H24F3N3O5S. The fourth-order valence-corrected chi connectivity index (χ4v) is 7.35. The summed E-state index contributed by atoms with van der Waals surface area (Å²) in [6.45, 7) is 3.11.